The fraction of sp³-hybridized carbons (Fsp3) is 0.174. The fourth-order valence-corrected chi connectivity index (χ4v) is 4.20. The number of aryl methyl sites for hydroxylation is 1. The number of rotatable bonds is 7. The number of hydrogen-bond acceptors (Lipinski definition) is 5. The van der Waals surface area contributed by atoms with Crippen LogP contribution in [0, 0.1) is 6.92 Å². The molecule has 6 nitrogen and oxygen atoms in total. The minimum atomic E-state index is -0.480. The largest absolute Gasteiger partial charge is 0.461 e. The number of carbonyl (C=O) groups excluding carboxylic acids is 1. The molecule has 2 aromatic carbocycles. The smallest absolute Gasteiger partial charge is 0.242 e. The Kier molecular flexibility index (Phi) is 5.99. The highest BCUT2D eigenvalue weighted by Gasteiger charge is 2.26. The molecule has 0 fully saturated rings. The summed E-state index contributed by atoms with van der Waals surface area (Å²) in [5.41, 5.74) is 2.81. The summed E-state index contributed by atoms with van der Waals surface area (Å²) >= 11 is 1.38. The van der Waals surface area contributed by atoms with E-state index in [0.717, 1.165) is 16.8 Å². The van der Waals surface area contributed by atoms with Crippen LogP contribution in [0.3, 0.4) is 0 Å². The maximum atomic E-state index is 13.2. The highest BCUT2D eigenvalue weighted by atomic mass is 32.2. The Hall–Kier alpha value is -3.32. The zero-order valence-electron chi connectivity index (χ0n) is 16.8. The zero-order chi connectivity index (χ0) is 20.9. The normalized spacial score (nSPS) is 11.9. The Bertz CT molecular complexity index is 1110. The highest BCUT2D eigenvalue weighted by Crippen LogP contribution is 2.36. The van der Waals surface area contributed by atoms with Crippen LogP contribution in [0.4, 0.5) is 5.69 Å². The molecule has 2 aromatic heterocycles. The van der Waals surface area contributed by atoms with Gasteiger partial charge in [-0.15, -0.1) is 10.2 Å². The number of nitrogens with one attached hydrogen (secondary N) is 1. The number of furan rings is 1. The molecule has 1 atom stereocenters. The second kappa shape index (κ2) is 9.00. The first-order chi connectivity index (χ1) is 14.7. The Morgan fingerprint density at radius 2 is 1.83 bits per heavy atom. The lowest BCUT2D eigenvalue weighted by Crippen LogP contribution is -2.19. The molecule has 30 heavy (non-hydrogen) atoms. The summed E-state index contributed by atoms with van der Waals surface area (Å²) in [5, 5.41) is 11.8. The molecule has 0 saturated carbocycles. The molecular formula is C23H22N4O2S. The van der Waals surface area contributed by atoms with Crippen molar-refractivity contribution in [1.82, 2.24) is 14.8 Å². The van der Waals surface area contributed by atoms with E-state index in [4.69, 9.17) is 4.42 Å². The van der Waals surface area contributed by atoms with E-state index in [0.29, 0.717) is 23.3 Å². The SMILES string of the molecule is CCn1c(SC(C(=O)Nc2ccc(C)cc2)c2ccccc2)nnc1-c1ccco1. The molecular weight excluding hydrogens is 396 g/mol. The number of hydrogen-bond donors (Lipinski definition) is 1. The third kappa shape index (κ3) is 4.31. The third-order valence-corrected chi connectivity index (χ3v) is 5.89. The number of nitrogens with zero attached hydrogens (tertiary/aromatic N) is 3. The van der Waals surface area contributed by atoms with Crippen LogP contribution in [0.15, 0.2) is 82.6 Å². The van der Waals surface area contributed by atoms with Crippen molar-refractivity contribution in [3.05, 3.63) is 84.1 Å². The van der Waals surface area contributed by atoms with Gasteiger partial charge in [-0.1, -0.05) is 59.8 Å². The van der Waals surface area contributed by atoms with Gasteiger partial charge in [-0.2, -0.15) is 0 Å². The predicted octanol–water partition coefficient (Wildman–Crippen LogP) is 5.34. The molecule has 7 heteroatoms. The average Bonchev–Trinajstić information content (AvgIpc) is 3.43. The number of thioether (sulfide) groups is 1. The number of aromatic nitrogens is 3. The number of anilines is 1. The first-order valence-corrected chi connectivity index (χ1v) is 10.6. The van der Waals surface area contributed by atoms with Crippen LogP contribution in [-0.2, 0) is 11.3 Å². The van der Waals surface area contributed by atoms with Gasteiger partial charge in [-0.3, -0.25) is 9.36 Å². The molecule has 0 aliphatic carbocycles. The van der Waals surface area contributed by atoms with Crippen molar-refractivity contribution in [2.45, 2.75) is 30.8 Å². The van der Waals surface area contributed by atoms with E-state index in [1.807, 2.05) is 85.1 Å². The van der Waals surface area contributed by atoms with Crippen LogP contribution in [0.1, 0.15) is 23.3 Å². The molecule has 0 bridgehead atoms. The van der Waals surface area contributed by atoms with Crippen LogP contribution in [0.25, 0.3) is 11.6 Å². The number of carbonyl (C=O) groups is 1. The molecule has 1 N–H and O–H groups in total. The van der Waals surface area contributed by atoms with Gasteiger partial charge in [0.25, 0.3) is 0 Å². The summed E-state index contributed by atoms with van der Waals surface area (Å²) in [6.45, 7) is 4.69. The zero-order valence-corrected chi connectivity index (χ0v) is 17.6. The lowest BCUT2D eigenvalue weighted by molar-refractivity contribution is -0.115. The van der Waals surface area contributed by atoms with Gasteiger partial charge in [-0.05, 0) is 43.7 Å². The molecule has 152 valence electrons. The highest BCUT2D eigenvalue weighted by molar-refractivity contribution is 8.00. The Morgan fingerprint density at radius 1 is 1.07 bits per heavy atom. The summed E-state index contributed by atoms with van der Waals surface area (Å²) in [7, 11) is 0. The molecule has 1 amide bonds. The second-order valence-electron chi connectivity index (χ2n) is 6.79. The predicted molar refractivity (Wildman–Crippen MR) is 118 cm³/mol. The van der Waals surface area contributed by atoms with E-state index in [9.17, 15) is 4.79 Å². The Morgan fingerprint density at radius 3 is 2.50 bits per heavy atom. The third-order valence-electron chi connectivity index (χ3n) is 4.66. The van der Waals surface area contributed by atoms with Gasteiger partial charge < -0.3 is 9.73 Å². The van der Waals surface area contributed by atoms with Crippen molar-refractivity contribution in [2.24, 2.45) is 0 Å². The van der Waals surface area contributed by atoms with E-state index in [1.165, 1.54) is 11.8 Å². The van der Waals surface area contributed by atoms with Crippen molar-refractivity contribution in [3.63, 3.8) is 0 Å². The second-order valence-corrected chi connectivity index (χ2v) is 7.86. The minimum Gasteiger partial charge on any atom is -0.461 e. The maximum absolute atomic E-state index is 13.2. The van der Waals surface area contributed by atoms with Gasteiger partial charge in [0.15, 0.2) is 16.7 Å². The minimum absolute atomic E-state index is 0.111. The van der Waals surface area contributed by atoms with Crippen LogP contribution in [0.5, 0.6) is 0 Å². The van der Waals surface area contributed by atoms with Crippen LogP contribution >= 0.6 is 11.8 Å². The molecule has 0 spiro atoms. The summed E-state index contributed by atoms with van der Waals surface area (Å²) < 4.78 is 7.45. The van der Waals surface area contributed by atoms with Crippen LogP contribution in [-0.4, -0.2) is 20.7 Å². The molecule has 0 saturated heterocycles. The molecule has 1 unspecified atom stereocenters. The molecule has 4 rings (SSSR count). The summed E-state index contributed by atoms with van der Waals surface area (Å²) in [5.74, 6) is 1.19. The number of benzene rings is 2. The van der Waals surface area contributed by atoms with E-state index >= 15 is 0 Å². The number of amides is 1. The fourth-order valence-electron chi connectivity index (χ4n) is 3.10. The standard InChI is InChI=1S/C23H22N4O2S/c1-3-27-21(19-10-7-15-29-19)25-26-23(27)30-20(17-8-5-4-6-9-17)22(28)24-18-13-11-16(2)12-14-18/h4-15,20H,3H2,1-2H3,(H,24,28). The quantitative estimate of drug-likeness (QED) is 0.410. The van der Waals surface area contributed by atoms with E-state index < -0.39 is 5.25 Å². The molecule has 0 aliphatic rings. The van der Waals surface area contributed by atoms with Crippen molar-refractivity contribution in [1.29, 1.82) is 0 Å². The first-order valence-electron chi connectivity index (χ1n) is 9.72. The molecule has 0 aliphatic heterocycles. The summed E-state index contributed by atoms with van der Waals surface area (Å²) in [6, 6.07) is 21.1. The van der Waals surface area contributed by atoms with Crippen molar-refractivity contribution < 1.29 is 9.21 Å². The Labute approximate surface area is 179 Å². The first kappa shape index (κ1) is 20.0. The van der Waals surface area contributed by atoms with Crippen LogP contribution in [0.2, 0.25) is 0 Å². The van der Waals surface area contributed by atoms with Gasteiger partial charge >= 0.3 is 0 Å². The van der Waals surface area contributed by atoms with E-state index in [2.05, 4.69) is 15.5 Å². The molecule has 0 radical (unpaired) electrons. The van der Waals surface area contributed by atoms with Gasteiger partial charge in [0.1, 0.15) is 5.25 Å². The Balaban J connectivity index is 1.64. The van der Waals surface area contributed by atoms with Gasteiger partial charge in [-0.25, -0.2) is 0 Å². The van der Waals surface area contributed by atoms with Crippen LogP contribution < -0.4 is 5.32 Å². The topological polar surface area (TPSA) is 73.0 Å². The lowest BCUT2D eigenvalue weighted by Gasteiger charge is -2.17. The van der Waals surface area contributed by atoms with Crippen molar-refractivity contribution in [3.8, 4) is 11.6 Å². The monoisotopic (exact) mass is 418 g/mol. The average molecular weight is 419 g/mol. The lowest BCUT2D eigenvalue weighted by atomic mass is 10.1. The van der Waals surface area contributed by atoms with Gasteiger partial charge in [0, 0.05) is 12.2 Å². The van der Waals surface area contributed by atoms with Gasteiger partial charge in [0.05, 0.1) is 6.26 Å². The summed E-state index contributed by atoms with van der Waals surface area (Å²) in [4.78, 5) is 13.2. The maximum Gasteiger partial charge on any atom is 0.242 e. The van der Waals surface area contributed by atoms with Gasteiger partial charge in [0.2, 0.25) is 5.91 Å². The summed E-state index contributed by atoms with van der Waals surface area (Å²) in [6.07, 6.45) is 1.61. The van der Waals surface area contributed by atoms with E-state index in [1.54, 1.807) is 6.26 Å². The van der Waals surface area contributed by atoms with E-state index in [-0.39, 0.29) is 5.91 Å². The molecule has 4 aromatic rings. The van der Waals surface area contributed by atoms with Crippen molar-refractivity contribution in [2.75, 3.05) is 5.32 Å². The van der Waals surface area contributed by atoms with Crippen molar-refractivity contribution >= 4 is 23.4 Å². The molecule has 2 heterocycles.